The third kappa shape index (κ3) is 2.56. The summed E-state index contributed by atoms with van der Waals surface area (Å²) in [7, 11) is 0. The van der Waals surface area contributed by atoms with Gasteiger partial charge in [0.2, 0.25) is 0 Å². The molecule has 1 nitrogen and oxygen atoms in total. The average molecular weight is 224 g/mol. The molecular weight excluding hydrogens is 208 g/mol. The standard InChI is InChI=1S/C16H16O/c1-12(2)14-9-5-7-11-16(14)17-15-10-6-4-8-13(15)3/h4-11H,1H2,2-3H3. The topological polar surface area (TPSA) is 9.23 Å². The van der Waals surface area contributed by atoms with Gasteiger partial charge in [-0.3, -0.25) is 0 Å². The van der Waals surface area contributed by atoms with Crippen LogP contribution in [0.25, 0.3) is 5.57 Å². The van der Waals surface area contributed by atoms with Gasteiger partial charge in [0.05, 0.1) is 0 Å². The van der Waals surface area contributed by atoms with E-state index in [1.807, 2.05) is 62.4 Å². The van der Waals surface area contributed by atoms with E-state index in [2.05, 4.69) is 6.58 Å². The molecule has 0 spiro atoms. The van der Waals surface area contributed by atoms with Crippen molar-refractivity contribution in [2.24, 2.45) is 0 Å². The summed E-state index contributed by atoms with van der Waals surface area (Å²) in [5.74, 6) is 1.75. The molecular formula is C16H16O. The zero-order valence-electron chi connectivity index (χ0n) is 10.2. The second kappa shape index (κ2) is 4.88. The van der Waals surface area contributed by atoms with Gasteiger partial charge in [-0.25, -0.2) is 0 Å². The summed E-state index contributed by atoms with van der Waals surface area (Å²) in [5.41, 5.74) is 3.19. The molecule has 0 saturated heterocycles. The summed E-state index contributed by atoms with van der Waals surface area (Å²) < 4.78 is 5.94. The Balaban J connectivity index is 2.37. The molecule has 2 rings (SSSR count). The van der Waals surface area contributed by atoms with E-state index < -0.39 is 0 Å². The van der Waals surface area contributed by atoms with Crippen LogP contribution in [0.1, 0.15) is 18.1 Å². The number of rotatable bonds is 3. The summed E-state index contributed by atoms with van der Waals surface area (Å²) in [4.78, 5) is 0. The second-order valence-corrected chi connectivity index (χ2v) is 4.14. The number of hydrogen-bond acceptors (Lipinski definition) is 1. The minimum absolute atomic E-state index is 0.856. The van der Waals surface area contributed by atoms with Crippen LogP contribution in [0.5, 0.6) is 11.5 Å². The predicted molar refractivity (Wildman–Crippen MR) is 72.4 cm³/mol. The molecule has 0 aliphatic heterocycles. The van der Waals surface area contributed by atoms with Crippen molar-refractivity contribution in [2.75, 3.05) is 0 Å². The maximum atomic E-state index is 5.94. The third-order valence-corrected chi connectivity index (χ3v) is 2.66. The van der Waals surface area contributed by atoms with Crippen molar-refractivity contribution in [3.63, 3.8) is 0 Å². The highest BCUT2D eigenvalue weighted by Gasteiger charge is 2.05. The second-order valence-electron chi connectivity index (χ2n) is 4.14. The first kappa shape index (κ1) is 11.5. The van der Waals surface area contributed by atoms with Crippen molar-refractivity contribution in [3.05, 3.63) is 66.2 Å². The van der Waals surface area contributed by atoms with E-state index in [1.165, 1.54) is 0 Å². The van der Waals surface area contributed by atoms with Gasteiger partial charge in [0.1, 0.15) is 11.5 Å². The van der Waals surface area contributed by atoms with E-state index in [1.54, 1.807) is 0 Å². The molecule has 86 valence electrons. The Kier molecular flexibility index (Phi) is 3.29. The Morgan fingerprint density at radius 1 is 0.941 bits per heavy atom. The molecule has 17 heavy (non-hydrogen) atoms. The van der Waals surface area contributed by atoms with Gasteiger partial charge in [0.25, 0.3) is 0 Å². The van der Waals surface area contributed by atoms with Crippen LogP contribution >= 0.6 is 0 Å². The summed E-state index contributed by atoms with van der Waals surface area (Å²) >= 11 is 0. The van der Waals surface area contributed by atoms with Gasteiger partial charge in [0, 0.05) is 5.56 Å². The monoisotopic (exact) mass is 224 g/mol. The van der Waals surface area contributed by atoms with Crippen LogP contribution < -0.4 is 4.74 Å². The van der Waals surface area contributed by atoms with Crippen LogP contribution in [-0.4, -0.2) is 0 Å². The van der Waals surface area contributed by atoms with Crippen molar-refractivity contribution in [3.8, 4) is 11.5 Å². The minimum atomic E-state index is 0.856. The van der Waals surface area contributed by atoms with E-state index in [9.17, 15) is 0 Å². The summed E-state index contributed by atoms with van der Waals surface area (Å²) in [6.07, 6.45) is 0. The molecule has 0 radical (unpaired) electrons. The lowest BCUT2D eigenvalue weighted by molar-refractivity contribution is 0.477. The fourth-order valence-corrected chi connectivity index (χ4v) is 1.70. The molecule has 0 atom stereocenters. The van der Waals surface area contributed by atoms with Gasteiger partial charge >= 0.3 is 0 Å². The number of ether oxygens (including phenoxy) is 1. The quantitative estimate of drug-likeness (QED) is 0.726. The number of para-hydroxylation sites is 2. The van der Waals surface area contributed by atoms with Gasteiger partial charge in [-0.05, 0) is 37.1 Å². The van der Waals surface area contributed by atoms with Gasteiger partial charge in [-0.15, -0.1) is 0 Å². The smallest absolute Gasteiger partial charge is 0.134 e. The molecule has 2 aromatic rings. The highest BCUT2D eigenvalue weighted by atomic mass is 16.5. The fourth-order valence-electron chi connectivity index (χ4n) is 1.70. The highest BCUT2D eigenvalue weighted by molar-refractivity contribution is 5.67. The molecule has 0 N–H and O–H groups in total. The number of hydrogen-bond donors (Lipinski definition) is 0. The van der Waals surface area contributed by atoms with E-state index in [-0.39, 0.29) is 0 Å². The normalized spacial score (nSPS) is 10.0. The van der Waals surface area contributed by atoms with Gasteiger partial charge in [-0.1, -0.05) is 43.0 Å². The molecule has 0 heterocycles. The van der Waals surface area contributed by atoms with Crippen LogP contribution in [0.4, 0.5) is 0 Å². The molecule has 0 fully saturated rings. The lowest BCUT2D eigenvalue weighted by atomic mass is 10.1. The third-order valence-electron chi connectivity index (χ3n) is 2.66. The first-order chi connectivity index (χ1) is 8.18. The average Bonchev–Trinajstić information content (AvgIpc) is 2.32. The van der Waals surface area contributed by atoms with Crippen molar-refractivity contribution in [1.82, 2.24) is 0 Å². The Labute approximate surface area is 102 Å². The summed E-state index contributed by atoms with van der Waals surface area (Å²) in [6.45, 7) is 8.00. The highest BCUT2D eigenvalue weighted by Crippen LogP contribution is 2.30. The maximum absolute atomic E-state index is 5.94. The molecule has 1 heteroatoms. The molecule has 0 aliphatic carbocycles. The lowest BCUT2D eigenvalue weighted by Crippen LogP contribution is -1.90. The molecule has 0 aromatic heterocycles. The number of allylic oxidation sites excluding steroid dienone is 1. The number of aryl methyl sites for hydroxylation is 1. The van der Waals surface area contributed by atoms with Crippen molar-refractivity contribution >= 4 is 5.57 Å². The first-order valence-electron chi connectivity index (χ1n) is 5.67. The molecule has 0 bridgehead atoms. The van der Waals surface area contributed by atoms with Crippen molar-refractivity contribution in [2.45, 2.75) is 13.8 Å². The van der Waals surface area contributed by atoms with Crippen LogP contribution in [0.3, 0.4) is 0 Å². The Morgan fingerprint density at radius 3 is 2.18 bits per heavy atom. The van der Waals surface area contributed by atoms with Crippen LogP contribution in [0.15, 0.2) is 55.1 Å². The van der Waals surface area contributed by atoms with Gasteiger partial charge < -0.3 is 4.74 Å². The van der Waals surface area contributed by atoms with Gasteiger partial charge in [-0.2, -0.15) is 0 Å². The van der Waals surface area contributed by atoms with Crippen LogP contribution in [-0.2, 0) is 0 Å². The summed E-state index contributed by atoms with van der Waals surface area (Å²) in [6, 6.07) is 16.0. The van der Waals surface area contributed by atoms with E-state index in [0.717, 1.165) is 28.2 Å². The zero-order valence-corrected chi connectivity index (χ0v) is 10.2. The number of benzene rings is 2. The molecule has 0 unspecified atom stereocenters. The Bertz CT molecular complexity index is 541. The van der Waals surface area contributed by atoms with Gasteiger partial charge in [0.15, 0.2) is 0 Å². The van der Waals surface area contributed by atoms with E-state index in [4.69, 9.17) is 4.74 Å². The van der Waals surface area contributed by atoms with Crippen LogP contribution in [0.2, 0.25) is 0 Å². The SMILES string of the molecule is C=C(C)c1ccccc1Oc1ccccc1C. The van der Waals surface area contributed by atoms with Crippen LogP contribution in [0, 0.1) is 6.92 Å². The zero-order chi connectivity index (χ0) is 12.3. The minimum Gasteiger partial charge on any atom is -0.456 e. The fraction of sp³-hybridized carbons (Fsp3) is 0.125. The molecule has 2 aromatic carbocycles. The molecule has 0 amide bonds. The van der Waals surface area contributed by atoms with E-state index >= 15 is 0 Å². The Hall–Kier alpha value is -2.02. The van der Waals surface area contributed by atoms with Crippen molar-refractivity contribution in [1.29, 1.82) is 0 Å². The van der Waals surface area contributed by atoms with Crippen molar-refractivity contribution < 1.29 is 4.74 Å². The lowest BCUT2D eigenvalue weighted by Gasteiger charge is -2.12. The summed E-state index contributed by atoms with van der Waals surface area (Å²) in [5, 5.41) is 0. The molecule has 0 aliphatic rings. The Morgan fingerprint density at radius 2 is 1.53 bits per heavy atom. The first-order valence-corrected chi connectivity index (χ1v) is 5.67. The molecule has 0 saturated carbocycles. The van der Waals surface area contributed by atoms with E-state index in [0.29, 0.717) is 0 Å². The predicted octanol–water partition coefficient (Wildman–Crippen LogP) is 4.82. The largest absolute Gasteiger partial charge is 0.456 e. The maximum Gasteiger partial charge on any atom is 0.134 e.